The van der Waals surface area contributed by atoms with Gasteiger partial charge in [0.25, 0.3) is 0 Å². The van der Waals surface area contributed by atoms with Crippen LogP contribution in [-0.4, -0.2) is 62.8 Å². The Morgan fingerprint density at radius 3 is 2.83 bits per heavy atom. The van der Waals surface area contributed by atoms with Crippen molar-refractivity contribution in [2.75, 3.05) is 30.3 Å². The number of nitriles is 1. The van der Waals surface area contributed by atoms with Crippen LogP contribution in [0.5, 0.6) is 0 Å². The minimum Gasteiger partial charge on any atom is -0.392 e. The highest BCUT2D eigenvalue weighted by Crippen LogP contribution is 2.45. The monoisotopic (exact) mass is 563 g/mol. The van der Waals surface area contributed by atoms with E-state index in [1.165, 1.54) is 0 Å². The van der Waals surface area contributed by atoms with Crippen LogP contribution < -0.4 is 10.6 Å². The van der Waals surface area contributed by atoms with Gasteiger partial charge in [-0.3, -0.25) is 9.88 Å². The molecule has 0 saturated carbocycles. The van der Waals surface area contributed by atoms with E-state index in [1.807, 2.05) is 6.07 Å². The molecule has 2 saturated heterocycles. The maximum absolute atomic E-state index is 16.6. The molecule has 206 valence electrons. The molecule has 3 unspecified atom stereocenters. The molecule has 4 aromatic rings. The maximum atomic E-state index is 16.6. The number of hydrogen-bond acceptors (Lipinski definition) is 10. The molecule has 3 aromatic heterocycles. The van der Waals surface area contributed by atoms with Gasteiger partial charge in [-0.15, -0.1) is 11.3 Å². The molecule has 0 bridgehead atoms. The second-order valence-corrected chi connectivity index (χ2v) is 11.8. The zero-order valence-electron chi connectivity index (χ0n) is 21.8. The molecular weight excluding hydrogens is 536 g/mol. The number of aliphatic hydroxyl groups is 1. The number of β-amino-alcohol motifs (C(OH)–C–C–N with tert-alkyl or cyclic N) is 1. The van der Waals surface area contributed by atoms with E-state index in [-0.39, 0.29) is 62.7 Å². The second kappa shape index (κ2) is 9.55. The zero-order chi connectivity index (χ0) is 27.7. The molecule has 0 spiro atoms. The standard InChI is InChI=1S/C28H27F2N7O2S/c1-13(38)10-36-5-2-3-20-19(36)4-6-37(20)28-34-8-15-16-11-39-12-17(16)21(23(30)24(15)35-28)25-22-14(7-31)27(32)40-26(22)18(29)9-33-25/h8-9,13,19-20,38H,2-6,10-12,32H2,1H3. The van der Waals surface area contributed by atoms with Crippen molar-refractivity contribution < 1.29 is 18.6 Å². The Bertz CT molecular complexity index is 1720. The average Bonchev–Trinajstić information content (AvgIpc) is 3.67. The summed E-state index contributed by atoms with van der Waals surface area (Å²) in [5.74, 6) is -0.763. The first-order valence-corrected chi connectivity index (χ1v) is 14.2. The summed E-state index contributed by atoms with van der Waals surface area (Å²) in [4.78, 5) is 18.2. The lowest BCUT2D eigenvalue weighted by molar-refractivity contribution is 0.0750. The normalized spacial score (nSPS) is 21.6. The minimum atomic E-state index is -0.614. The van der Waals surface area contributed by atoms with E-state index in [1.54, 1.807) is 13.1 Å². The van der Waals surface area contributed by atoms with Crippen LogP contribution in [-0.2, 0) is 18.0 Å². The molecule has 2 fully saturated rings. The number of thiophene rings is 1. The summed E-state index contributed by atoms with van der Waals surface area (Å²) in [5.41, 5.74) is 7.94. The van der Waals surface area contributed by atoms with Gasteiger partial charge in [-0.05, 0) is 43.9 Å². The van der Waals surface area contributed by atoms with Crippen LogP contribution in [0.25, 0.3) is 32.2 Å². The molecule has 3 aliphatic heterocycles. The van der Waals surface area contributed by atoms with E-state index >= 15 is 4.39 Å². The summed E-state index contributed by atoms with van der Waals surface area (Å²) >= 11 is 0.950. The maximum Gasteiger partial charge on any atom is 0.226 e. The third-order valence-corrected chi connectivity index (χ3v) is 9.44. The van der Waals surface area contributed by atoms with Crippen molar-refractivity contribution in [3.8, 4) is 17.3 Å². The van der Waals surface area contributed by atoms with Gasteiger partial charge in [-0.2, -0.15) is 5.26 Å². The number of ether oxygens (including phenoxy) is 1. The van der Waals surface area contributed by atoms with E-state index < -0.39 is 17.7 Å². The summed E-state index contributed by atoms with van der Waals surface area (Å²) in [6, 6.07) is 2.50. The summed E-state index contributed by atoms with van der Waals surface area (Å²) in [7, 11) is 0. The van der Waals surface area contributed by atoms with E-state index in [0.29, 0.717) is 23.4 Å². The minimum absolute atomic E-state index is 0.0831. The fourth-order valence-corrected chi connectivity index (χ4v) is 7.69. The number of halogens is 2. The molecule has 0 aliphatic carbocycles. The highest BCUT2D eigenvalue weighted by molar-refractivity contribution is 7.23. The van der Waals surface area contributed by atoms with Gasteiger partial charge in [0.1, 0.15) is 16.6 Å². The number of anilines is 2. The number of benzene rings is 1. The fourth-order valence-electron chi connectivity index (χ4n) is 6.77. The molecular formula is C28H27F2N7O2S. The molecule has 3 atom stereocenters. The van der Waals surface area contributed by atoms with Gasteiger partial charge in [0, 0.05) is 47.7 Å². The Hall–Kier alpha value is -3.50. The van der Waals surface area contributed by atoms with Crippen LogP contribution in [0.1, 0.15) is 42.9 Å². The molecule has 6 heterocycles. The molecule has 1 aromatic carbocycles. The van der Waals surface area contributed by atoms with Crippen molar-refractivity contribution in [3.05, 3.63) is 40.7 Å². The van der Waals surface area contributed by atoms with Crippen LogP contribution >= 0.6 is 11.3 Å². The third-order valence-electron chi connectivity index (χ3n) is 8.41. The highest BCUT2D eigenvalue weighted by atomic mass is 32.1. The molecule has 12 heteroatoms. The number of fused-ring (bicyclic) bond motifs is 5. The number of nitrogen functional groups attached to an aromatic ring is 1. The number of piperidine rings is 1. The highest BCUT2D eigenvalue weighted by Gasteiger charge is 2.41. The van der Waals surface area contributed by atoms with Crippen LogP contribution in [0.2, 0.25) is 0 Å². The van der Waals surface area contributed by atoms with Crippen molar-refractivity contribution in [3.63, 3.8) is 0 Å². The quantitative estimate of drug-likeness (QED) is 0.378. The first-order chi connectivity index (χ1) is 19.4. The number of hydrogen-bond donors (Lipinski definition) is 2. The molecule has 40 heavy (non-hydrogen) atoms. The molecule has 9 nitrogen and oxygen atoms in total. The lowest BCUT2D eigenvalue weighted by Crippen LogP contribution is -2.51. The topological polar surface area (TPSA) is 124 Å². The van der Waals surface area contributed by atoms with E-state index in [2.05, 4.69) is 19.8 Å². The first kappa shape index (κ1) is 25.5. The number of aliphatic hydroxyl groups excluding tert-OH is 1. The molecule has 3 N–H and O–H groups in total. The number of nitrogens with zero attached hydrogens (tertiary/aromatic N) is 6. The molecule has 0 amide bonds. The Kier molecular flexibility index (Phi) is 6.08. The van der Waals surface area contributed by atoms with Crippen molar-refractivity contribution in [1.29, 1.82) is 5.26 Å². The number of likely N-dealkylation sites (tertiary alicyclic amines) is 1. The van der Waals surface area contributed by atoms with Crippen LogP contribution in [0.3, 0.4) is 0 Å². The third kappa shape index (κ3) is 3.76. The van der Waals surface area contributed by atoms with Gasteiger partial charge in [-0.25, -0.2) is 18.7 Å². The van der Waals surface area contributed by atoms with E-state index in [9.17, 15) is 14.8 Å². The Balaban J connectivity index is 1.39. The van der Waals surface area contributed by atoms with Crippen molar-refractivity contribution >= 4 is 43.3 Å². The van der Waals surface area contributed by atoms with Crippen molar-refractivity contribution in [1.82, 2.24) is 19.9 Å². The van der Waals surface area contributed by atoms with Gasteiger partial charge in [0.05, 0.1) is 41.5 Å². The van der Waals surface area contributed by atoms with Crippen LogP contribution in [0, 0.1) is 23.0 Å². The second-order valence-electron chi connectivity index (χ2n) is 10.8. The number of rotatable bonds is 4. The average molecular weight is 564 g/mol. The van der Waals surface area contributed by atoms with Gasteiger partial charge in [0.2, 0.25) is 5.95 Å². The SMILES string of the molecule is CC(O)CN1CCCC2C1CCN2c1ncc2c3c(c(-c4ncc(F)c5sc(N)c(C#N)c45)c(F)c2n1)COC3. The van der Waals surface area contributed by atoms with Gasteiger partial charge in [-0.1, -0.05) is 0 Å². The summed E-state index contributed by atoms with van der Waals surface area (Å²) in [5, 5.41) is 20.7. The number of pyridine rings is 1. The van der Waals surface area contributed by atoms with Gasteiger partial charge < -0.3 is 20.5 Å². The Morgan fingerprint density at radius 1 is 1.20 bits per heavy atom. The first-order valence-electron chi connectivity index (χ1n) is 13.4. The predicted octanol–water partition coefficient (Wildman–Crippen LogP) is 4.09. The Morgan fingerprint density at radius 2 is 2.02 bits per heavy atom. The number of aromatic nitrogens is 3. The van der Waals surface area contributed by atoms with Crippen LogP contribution in [0.15, 0.2) is 12.4 Å². The van der Waals surface area contributed by atoms with Crippen molar-refractivity contribution in [2.45, 2.75) is 57.6 Å². The Labute approximate surface area is 232 Å². The molecule has 7 rings (SSSR count). The number of nitrogens with two attached hydrogens (primary N) is 1. The van der Waals surface area contributed by atoms with E-state index in [0.717, 1.165) is 55.4 Å². The zero-order valence-corrected chi connectivity index (χ0v) is 22.6. The lowest BCUT2D eigenvalue weighted by Gasteiger charge is -2.40. The molecule has 3 aliphatic rings. The largest absolute Gasteiger partial charge is 0.392 e. The van der Waals surface area contributed by atoms with Crippen LogP contribution in [0.4, 0.5) is 19.7 Å². The smallest absolute Gasteiger partial charge is 0.226 e. The van der Waals surface area contributed by atoms with Gasteiger partial charge >= 0.3 is 0 Å². The van der Waals surface area contributed by atoms with Gasteiger partial charge in [0.15, 0.2) is 11.6 Å². The predicted molar refractivity (Wildman–Crippen MR) is 148 cm³/mol. The summed E-state index contributed by atoms with van der Waals surface area (Å²) in [6.07, 6.45) is 5.18. The lowest BCUT2D eigenvalue weighted by atomic mass is 9.94. The van der Waals surface area contributed by atoms with Crippen molar-refractivity contribution in [2.24, 2.45) is 0 Å². The fraction of sp³-hybridized carbons (Fsp3) is 0.429. The summed E-state index contributed by atoms with van der Waals surface area (Å²) in [6.45, 7) is 4.51. The van der Waals surface area contributed by atoms with E-state index in [4.69, 9.17) is 15.5 Å². The molecule has 0 radical (unpaired) electrons. The summed E-state index contributed by atoms with van der Waals surface area (Å²) < 4.78 is 37.3.